The third-order valence-corrected chi connectivity index (χ3v) is 8.56. The van der Waals surface area contributed by atoms with Gasteiger partial charge in [-0.15, -0.1) is 0 Å². The maximum Gasteiger partial charge on any atom is 0.323 e. The van der Waals surface area contributed by atoms with Crippen LogP contribution in [0.1, 0.15) is 10.4 Å². The monoisotopic (exact) mass is 628 g/mol. The van der Waals surface area contributed by atoms with E-state index in [-0.39, 0.29) is 11.9 Å². The fourth-order valence-electron chi connectivity index (χ4n) is 5.86. The molecule has 2 aliphatic rings. The number of fused-ring (bicyclic) bond motifs is 1. The van der Waals surface area contributed by atoms with Crippen molar-refractivity contribution in [2.45, 2.75) is 0 Å². The van der Waals surface area contributed by atoms with Gasteiger partial charge in [0.1, 0.15) is 5.82 Å². The van der Waals surface area contributed by atoms with Crippen LogP contribution in [0.15, 0.2) is 91.3 Å². The van der Waals surface area contributed by atoms with Gasteiger partial charge in [0.05, 0.1) is 18.7 Å². The number of piperazine rings is 1. The third kappa shape index (κ3) is 6.91. The first-order chi connectivity index (χ1) is 23.0. The molecule has 0 aliphatic carbocycles. The average Bonchev–Trinajstić information content (AvgIpc) is 3.12. The third-order valence-electron chi connectivity index (χ3n) is 8.56. The van der Waals surface area contributed by atoms with Crippen molar-refractivity contribution in [2.24, 2.45) is 0 Å². The van der Waals surface area contributed by atoms with Gasteiger partial charge < -0.3 is 30.1 Å². The first-order valence-electron chi connectivity index (χ1n) is 15.8. The van der Waals surface area contributed by atoms with Crippen LogP contribution in [0.2, 0.25) is 0 Å². The van der Waals surface area contributed by atoms with Crippen LogP contribution in [-0.2, 0) is 4.74 Å². The summed E-state index contributed by atoms with van der Waals surface area (Å²) >= 11 is 0. The summed E-state index contributed by atoms with van der Waals surface area (Å²) in [6.07, 6.45) is 3.61. The Bertz CT molecular complexity index is 1870. The minimum atomic E-state index is -0.379. The second kappa shape index (κ2) is 13.5. The summed E-state index contributed by atoms with van der Waals surface area (Å²) in [7, 11) is 2.06. The maximum absolute atomic E-state index is 12.8. The SMILES string of the molecule is CN1CCN(C(=O)c2ccc(NC(=O)Nc3ccc(-c4nc(N5CCOCC5)c5ccc(-c6cccnc6)cc5n4)cc3)cc2)CC1. The Morgan fingerprint density at radius 1 is 0.745 bits per heavy atom. The molecule has 2 fully saturated rings. The van der Waals surface area contributed by atoms with E-state index in [0.717, 1.165) is 59.6 Å². The molecule has 2 N–H and O–H groups in total. The van der Waals surface area contributed by atoms with Gasteiger partial charge in [0.15, 0.2) is 5.82 Å². The van der Waals surface area contributed by atoms with Gasteiger partial charge >= 0.3 is 6.03 Å². The van der Waals surface area contributed by atoms with Gasteiger partial charge in [-0.2, -0.15) is 0 Å². The summed E-state index contributed by atoms with van der Waals surface area (Å²) in [5.41, 5.74) is 5.56. The number of morpholine rings is 1. The number of amides is 3. The molecular weight excluding hydrogens is 592 g/mol. The maximum atomic E-state index is 12.8. The van der Waals surface area contributed by atoms with E-state index in [0.29, 0.717) is 49.1 Å². The Labute approximate surface area is 273 Å². The highest BCUT2D eigenvalue weighted by Crippen LogP contribution is 2.32. The average molecular weight is 629 g/mol. The summed E-state index contributed by atoms with van der Waals surface area (Å²) in [4.78, 5) is 46.2. The lowest BCUT2D eigenvalue weighted by atomic mass is 10.0. The van der Waals surface area contributed by atoms with Crippen molar-refractivity contribution < 1.29 is 14.3 Å². The zero-order valence-corrected chi connectivity index (χ0v) is 26.2. The fraction of sp³-hybridized carbons (Fsp3) is 0.250. The molecular formula is C36H36N8O3. The van der Waals surface area contributed by atoms with Gasteiger partial charge in [0.25, 0.3) is 5.91 Å². The number of anilines is 3. The number of benzene rings is 3. The van der Waals surface area contributed by atoms with E-state index in [1.807, 2.05) is 47.5 Å². The number of nitrogens with zero attached hydrogens (tertiary/aromatic N) is 6. The van der Waals surface area contributed by atoms with Crippen LogP contribution >= 0.6 is 0 Å². The molecule has 11 nitrogen and oxygen atoms in total. The summed E-state index contributed by atoms with van der Waals surface area (Å²) in [5, 5.41) is 6.71. The van der Waals surface area contributed by atoms with Crippen molar-refractivity contribution in [3.05, 3.63) is 96.8 Å². The predicted octanol–water partition coefficient (Wildman–Crippen LogP) is 5.23. The molecule has 47 heavy (non-hydrogen) atoms. The number of carbonyl (C=O) groups is 2. The van der Waals surface area contributed by atoms with E-state index in [1.54, 1.807) is 30.5 Å². The molecule has 0 atom stereocenters. The van der Waals surface area contributed by atoms with Crippen molar-refractivity contribution in [1.82, 2.24) is 24.8 Å². The fourth-order valence-corrected chi connectivity index (χ4v) is 5.86. The van der Waals surface area contributed by atoms with E-state index in [1.165, 1.54) is 0 Å². The molecule has 0 radical (unpaired) electrons. The summed E-state index contributed by atoms with van der Waals surface area (Å²) < 4.78 is 5.60. The Kier molecular flexibility index (Phi) is 8.72. The highest BCUT2D eigenvalue weighted by Gasteiger charge is 2.21. The van der Waals surface area contributed by atoms with Gasteiger partial charge in [0.2, 0.25) is 0 Å². The van der Waals surface area contributed by atoms with Gasteiger partial charge in [-0.05, 0) is 79.3 Å². The van der Waals surface area contributed by atoms with E-state index >= 15 is 0 Å². The van der Waals surface area contributed by atoms with Gasteiger partial charge in [-0.3, -0.25) is 9.78 Å². The van der Waals surface area contributed by atoms with Crippen molar-refractivity contribution >= 4 is 40.0 Å². The number of likely N-dealkylation sites (N-methyl/N-ethyl adjacent to an activating group) is 1. The van der Waals surface area contributed by atoms with Crippen LogP contribution in [-0.4, -0.2) is 96.2 Å². The van der Waals surface area contributed by atoms with Crippen LogP contribution in [0.4, 0.5) is 22.0 Å². The van der Waals surface area contributed by atoms with Crippen LogP contribution < -0.4 is 15.5 Å². The quantitative estimate of drug-likeness (QED) is 0.263. The number of aromatic nitrogens is 3. The van der Waals surface area contributed by atoms with Crippen molar-refractivity contribution in [3.63, 3.8) is 0 Å². The zero-order chi connectivity index (χ0) is 32.2. The molecule has 0 unspecified atom stereocenters. The Hall–Kier alpha value is -5.39. The predicted molar refractivity (Wildman–Crippen MR) is 184 cm³/mol. The van der Waals surface area contributed by atoms with Crippen molar-refractivity contribution in [1.29, 1.82) is 0 Å². The van der Waals surface area contributed by atoms with Crippen LogP contribution in [0.5, 0.6) is 0 Å². The molecule has 238 valence electrons. The molecule has 0 saturated carbocycles. The number of carbonyl (C=O) groups excluding carboxylic acids is 2. The highest BCUT2D eigenvalue weighted by atomic mass is 16.5. The van der Waals surface area contributed by atoms with Gasteiger partial charge in [-0.25, -0.2) is 14.8 Å². The molecule has 5 aromatic rings. The topological polar surface area (TPSA) is 116 Å². The molecule has 0 spiro atoms. The molecule has 2 aliphatic heterocycles. The Morgan fingerprint density at radius 2 is 1.43 bits per heavy atom. The zero-order valence-electron chi connectivity index (χ0n) is 26.2. The van der Waals surface area contributed by atoms with Crippen LogP contribution in [0, 0.1) is 0 Å². The Morgan fingerprint density at radius 3 is 2.11 bits per heavy atom. The molecule has 0 bridgehead atoms. The van der Waals surface area contributed by atoms with E-state index in [4.69, 9.17) is 14.7 Å². The second-order valence-electron chi connectivity index (χ2n) is 11.8. The standard InChI is InChI=1S/C36H36N8O3/c1-42-15-17-44(18-16-42)35(45)26-6-11-30(12-7-26)39-36(46)38-29-9-4-25(5-10-29)33-40-32-23-27(28-3-2-14-37-24-28)8-13-31(32)34(41-33)43-19-21-47-22-20-43/h2-14,23-24H,15-22H2,1H3,(H2,38,39,46). The van der Waals surface area contributed by atoms with E-state index in [2.05, 4.69) is 50.7 Å². The first-order valence-corrected chi connectivity index (χ1v) is 15.8. The number of rotatable bonds is 6. The Balaban J connectivity index is 1.06. The lowest BCUT2D eigenvalue weighted by Crippen LogP contribution is -2.47. The highest BCUT2D eigenvalue weighted by molar-refractivity contribution is 6.01. The van der Waals surface area contributed by atoms with Crippen LogP contribution in [0.3, 0.4) is 0 Å². The molecule has 7 rings (SSSR count). The number of nitrogens with one attached hydrogen (secondary N) is 2. The summed E-state index contributed by atoms with van der Waals surface area (Å²) in [5.74, 6) is 1.49. The second-order valence-corrected chi connectivity index (χ2v) is 11.8. The lowest BCUT2D eigenvalue weighted by molar-refractivity contribution is 0.0664. The molecule has 2 saturated heterocycles. The molecule has 3 amide bonds. The largest absolute Gasteiger partial charge is 0.378 e. The number of urea groups is 1. The molecule has 4 heterocycles. The molecule has 3 aromatic carbocycles. The number of ether oxygens (including phenoxy) is 1. The van der Waals surface area contributed by atoms with E-state index < -0.39 is 0 Å². The van der Waals surface area contributed by atoms with Crippen molar-refractivity contribution in [3.8, 4) is 22.5 Å². The van der Waals surface area contributed by atoms with Gasteiger partial charge in [0, 0.05) is 85.1 Å². The summed E-state index contributed by atoms with van der Waals surface area (Å²) in [6, 6.07) is 24.3. The normalized spacial score (nSPS) is 15.4. The lowest BCUT2D eigenvalue weighted by Gasteiger charge is -2.32. The minimum absolute atomic E-state index is 0.00980. The molecule has 11 heteroatoms. The van der Waals surface area contributed by atoms with E-state index in [9.17, 15) is 9.59 Å². The smallest absolute Gasteiger partial charge is 0.323 e. The van der Waals surface area contributed by atoms with Crippen LogP contribution in [0.25, 0.3) is 33.4 Å². The number of hydrogen-bond acceptors (Lipinski definition) is 8. The summed E-state index contributed by atoms with van der Waals surface area (Å²) in [6.45, 7) is 5.96. The molecule has 2 aromatic heterocycles. The van der Waals surface area contributed by atoms with Gasteiger partial charge in [-0.1, -0.05) is 12.1 Å². The number of pyridine rings is 1. The van der Waals surface area contributed by atoms with Crippen molar-refractivity contribution in [2.75, 3.05) is 75.1 Å². The number of hydrogen-bond donors (Lipinski definition) is 2. The first kappa shape index (κ1) is 30.3. The minimum Gasteiger partial charge on any atom is -0.378 e.